The number of carboxylic acids is 1. The standard InChI is InChI=1S/C11H20F3NO3/c1-3-6-15(4-2)8-9(11(12,13)14)18-7-5-10(16)17/h9H,3-8H2,1-2H3,(H,16,17). The fourth-order valence-corrected chi connectivity index (χ4v) is 1.47. The van der Waals surface area contributed by atoms with E-state index in [4.69, 9.17) is 5.11 Å². The predicted molar refractivity (Wildman–Crippen MR) is 60.5 cm³/mol. The molecule has 0 spiro atoms. The Labute approximate surface area is 105 Å². The zero-order valence-corrected chi connectivity index (χ0v) is 10.7. The van der Waals surface area contributed by atoms with Crippen molar-refractivity contribution in [2.45, 2.75) is 39.0 Å². The van der Waals surface area contributed by atoms with E-state index in [1.54, 1.807) is 11.8 Å². The van der Waals surface area contributed by atoms with Crippen molar-refractivity contribution in [3.63, 3.8) is 0 Å². The molecule has 1 unspecified atom stereocenters. The van der Waals surface area contributed by atoms with Gasteiger partial charge in [-0.05, 0) is 19.5 Å². The number of rotatable bonds is 9. The highest BCUT2D eigenvalue weighted by Crippen LogP contribution is 2.24. The van der Waals surface area contributed by atoms with Crippen molar-refractivity contribution in [1.82, 2.24) is 4.90 Å². The van der Waals surface area contributed by atoms with Gasteiger partial charge in [-0.25, -0.2) is 0 Å². The highest BCUT2D eigenvalue weighted by atomic mass is 19.4. The summed E-state index contributed by atoms with van der Waals surface area (Å²) in [6, 6.07) is 0. The van der Waals surface area contributed by atoms with E-state index < -0.39 is 31.3 Å². The molecular weight excluding hydrogens is 251 g/mol. The van der Waals surface area contributed by atoms with Gasteiger partial charge in [0, 0.05) is 6.54 Å². The van der Waals surface area contributed by atoms with Crippen molar-refractivity contribution < 1.29 is 27.8 Å². The molecule has 0 radical (unpaired) electrons. The average molecular weight is 271 g/mol. The molecule has 108 valence electrons. The first-order valence-electron chi connectivity index (χ1n) is 5.93. The minimum absolute atomic E-state index is 0.256. The molecule has 0 saturated heterocycles. The molecule has 0 heterocycles. The molecule has 1 N–H and O–H groups in total. The number of ether oxygens (including phenoxy) is 1. The minimum Gasteiger partial charge on any atom is -0.481 e. The Morgan fingerprint density at radius 1 is 1.39 bits per heavy atom. The second-order valence-electron chi connectivity index (χ2n) is 3.94. The van der Waals surface area contributed by atoms with Gasteiger partial charge in [0.25, 0.3) is 0 Å². The number of hydrogen-bond donors (Lipinski definition) is 1. The monoisotopic (exact) mass is 271 g/mol. The van der Waals surface area contributed by atoms with Crippen LogP contribution in [-0.4, -0.2) is 54.5 Å². The summed E-state index contributed by atoms with van der Waals surface area (Å²) in [6.07, 6.45) is -6.07. The summed E-state index contributed by atoms with van der Waals surface area (Å²) >= 11 is 0. The van der Waals surface area contributed by atoms with Crippen LogP contribution in [0.2, 0.25) is 0 Å². The van der Waals surface area contributed by atoms with E-state index in [-0.39, 0.29) is 6.54 Å². The van der Waals surface area contributed by atoms with Crippen LogP contribution in [0.3, 0.4) is 0 Å². The summed E-state index contributed by atoms with van der Waals surface area (Å²) in [5.41, 5.74) is 0. The number of carbonyl (C=O) groups is 1. The second-order valence-corrected chi connectivity index (χ2v) is 3.94. The van der Waals surface area contributed by atoms with Gasteiger partial charge in [-0.15, -0.1) is 0 Å². The third-order valence-electron chi connectivity index (χ3n) is 2.41. The number of nitrogens with zero attached hydrogens (tertiary/aromatic N) is 1. The summed E-state index contributed by atoms with van der Waals surface area (Å²) < 4.78 is 42.7. The Kier molecular flexibility index (Phi) is 7.93. The first kappa shape index (κ1) is 17.2. The van der Waals surface area contributed by atoms with Crippen LogP contribution in [-0.2, 0) is 9.53 Å². The minimum atomic E-state index is -4.47. The molecule has 0 rings (SSSR count). The Bertz CT molecular complexity index is 246. The lowest BCUT2D eigenvalue weighted by atomic mass is 10.3. The Hall–Kier alpha value is -0.820. The molecule has 18 heavy (non-hydrogen) atoms. The highest BCUT2D eigenvalue weighted by Gasteiger charge is 2.41. The van der Waals surface area contributed by atoms with Crippen LogP contribution < -0.4 is 0 Å². The molecule has 0 fully saturated rings. The molecule has 7 heteroatoms. The van der Waals surface area contributed by atoms with E-state index in [1.807, 2.05) is 6.92 Å². The molecule has 0 aromatic carbocycles. The van der Waals surface area contributed by atoms with Crippen LogP contribution in [0.1, 0.15) is 26.7 Å². The first-order chi connectivity index (χ1) is 8.31. The van der Waals surface area contributed by atoms with E-state index in [0.717, 1.165) is 6.42 Å². The van der Waals surface area contributed by atoms with Crippen LogP contribution in [0.15, 0.2) is 0 Å². The lowest BCUT2D eigenvalue weighted by molar-refractivity contribution is -0.225. The molecular formula is C11H20F3NO3. The Balaban J connectivity index is 4.35. The lowest BCUT2D eigenvalue weighted by Gasteiger charge is -2.27. The lowest BCUT2D eigenvalue weighted by Crippen LogP contribution is -2.43. The molecule has 0 saturated carbocycles. The van der Waals surface area contributed by atoms with Crippen LogP contribution in [0.5, 0.6) is 0 Å². The SMILES string of the molecule is CCCN(CC)CC(OCCC(=O)O)C(F)(F)F. The van der Waals surface area contributed by atoms with E-state index in [0.29, 0.717) is 13.1 Å². The van der Waals surface area contributed by atoms with Crippen molar-refractivity contribution in [3.05, 3.63) is 0 Å². The number of halogens is 3. The maximum atomic E-state index is 12.7. The van der Waals surface area contributed by atoms with Gasteiger partial charge in [0.2, 0.25) is 0 Å². The van der Waals surface area contributed by atoms with Crippen molar-refractivity contribution >= 4 is 5.97 Å². The van der Waals surface area contributed by atoms with Crippen molar-refractivity contribution in [2.75, 3.05) is 26.2 Å². The van der Waals surface area contributed by atoms with E-state index >= 15 is 0 Å². The zero-order chi connectivity index (χ0) is 14.2. The van der Waals surface area contributed by atoms with Gasteiger partial charge in [-0.3, -0.25) is 4.79 Å². The van der Waals surface area contributed by atoms with Gasteiger partial charge >= 0.3 is 12.1 Å². The number of hydrogen-bond acceptors (Lipinski definition) is 3. The van der Waals surface area contributed by atoms with Crippen molar-refractivity contribution in [3.8, 4) is 0 Å². The molecule has 0 aliphatic carbocycles. The van der Waals surface area contributed by atoms with E-state index in [1.165, 1.54) is 0 Å². The number of aliphatic carboxylic acids is 1. The number of carboxylic acid groups (broad SMARTS) is 1. The van der Waals surface area contributed by atoms with Gasteiger partial charge in [-0.2, -0.15) is 13.2 Å². The predicted octanol–water partition coefficient (Wildman–Crippen LogP) is 2.14. The van der Waals surface area contributed by atoms with Crippen LogP contribution in [0.25, 0.3) is 0 Å². The normalized spacial score (nSPS) is 13.9. The van der Waals surface area contributed by atoms with E-state index in [2.05, 4.69) is 4.74 Å². The van der Waals surface area contributed by atoms with Gasteiger partial charge in [0.15, 0.2) is 6.10 Å². The first-order valence-corrected chi connectivity index (χ1v) is 5.93. The smallest absolute Gasteiger partial charge is 0.415 e. The summed E-state index contributed by atoms with van der Waals surface area (Å²) in [5, 5.41) is 8.37. The Morgan fingerprint density at radius 2 is 2.00 bits per heavy atom. The molecule has 0 amide bonds. The second kappa shape index (κ2) is 8.31. The highest BCUT2D eigenvalue weighted by molar-refractivity contribution is 5.66. The maximum absolute atomic E-state index is 12.7. The average Bonchev–Trinajstić information content (AvgIpc) is 2.24. The van der Waals surface area contributed by atoms with Crippen molar-refractivity contribution in [2.24, 2.45) is 0 Å². The van der Waals surface area contributed by atoms with Gasteiger partial charge in [0.05, 0.1) is 13.0 Å². The third kappa shape index (κ3) is 7.50. The quantitative estimate of drug-likeness (QED) is 0.698. The summed E-state index contributed by atoms with van der Waals surface area (Å²) in [4.78, 5) is 11.9. The zero-order valence-electron chi connectivity index (χ0n) is 10.7. The van der Waals surface area contributed by atoms with E-state index in [9.17, 15) is 18.0 Å². The molecule has 0 aromatic heterocycles. The molecule has 1 atom stereocenters. The summed E-state index contributed by atoms with van der Waals surface area (Å²) in [6.45, 7) is 4.04. The maximum Gasteiger partial charge on any atom is 0.415 e. The molecule has 0 aliphatic rings. The van der Waals surface area contributed by atoms with Crippen LogP contribution in [0.4, 0.5) is 13.2 Å². The number of likely N-dealkylation sites (N-methyl/N-ethyl adjacent to an activating group) is 1. The largest absolute Gasteiger partial charge is 0.481 e. The topological polar surface area (TPSA) is 49.8 Å². The molecule has 0 aromatic rings. The van der Waals surface area contributed by atoms with Crippen molar-refractivity contribution in [1.29, 1.82) is 0 Å². The Morgan fingerprint density at radius 3 is 2.39 bits per heavy atom. The van der Waals surface area contributed by atoms with Crippen LogP contribution in [0, 0.1) is 0 Å². The summed E-state index contributed by atoms with van der Waals surface area (Å²) in [7, 11) is 0. The van der Waals surface area contributed by atoms with Gasteiger partial charge in [-0.1, -0.05) is 13.8 Å². The molecule has 0 bridgehead atoms. The molecule has 0 aliphatic heterocycles. The fraction of sp³-hybridized carbons (Fsp3) is 0.909. The number of alkyl halides is 3. The van der Waals surface area contributed by atoms with Gasteiger partial charge in [0.1, 0.15) is 0 Å². The third-order valence-corrected chi connectivity index (χ3v) is 2.41. The fourth-order valence-electron chi connectivity index (χ4n) is 1.47. The van der Waals surface area contributed by atoms with Crippen LogP contribution >= 0.6 is 0 Å². The van der Waals surface area contributed by atoms with Gasteiger partial charge < -0.3 is 14.7 Å². The summed E-state index contributed by atoms with van der Waals surface area (Å²) in [5.74, 6) is -1.17. The molecule has 4 nitrogen and oxygen atoms in total.